The highest BCUT2D eigenvalue weighted by Crippen LogP contribution is 2.28. The molecule has 104 valence electrons. The van der Waals surface area contributed by atoms with Gasteiger partial charge in [0.15, 0.2) is 0 Å². The van der Waals surface area contributed by atoms with Crippen LogP contribution >= 0.6 is 0 Å². The summed E-state index contributed by atoms with van der Waals surface area (Å²) in [4.78, 5) is 8.79. The van der Waals surface area contributed by atoms with Crippen molar-refractivity contribution in [1.29, 1.82) is 0 Å². The molecule has 1 heterocycles. The Morgan fingerprint density at radius 2 is 1.85 bits per heavy atom. The molecular formula is C16H20N2OSi. The summed E-state index contributed by atoms with van der Waals surface area (Å²) < 4.78 is 6.05. The minimum absolute atomic E-state index is 0.724. The molecule has 1 aromatic carbocycles. The maximum absolute atomic E-state index is 6.05. The lowest BCUT2D eigenvalue weighted by Gasteiger charge is -2.20. The Kier molecular flexibility index (Phi) is 4.68. The van der Waals surface area contributed by atoms with E-state index in [1.807, 2.05) is 48.7 Å². The van der Waals surface area contributed by atoms with E-state index < -0.39 is 8.32 Å². The summed E-state index contributed by atoms with van der Waals surface area (Å²) in [6, 6.07) is 13.8. The third-order valence-electron chi connectivity index (χ3n) is 2.54. The Morgan fingerprint density at radius 3 is 2.55 bits per heavy atom. The predicted octanol–water partition coefficient (Wildman–Crippen LogP) is 4.24. The normalized spacial score (nSPS) is 11.8. The van der Waals surface area contributed by atoms with E-state index in [0.29, 0.717) is 0 Å². The fraction of sp³-hybridized carbons (Fsp3) is 0.250. The number of hydrogen-bond donors (Lipinski definition) is 0. The van der Waals surface area contributed by atoms with Gasteiger partial charge in [0, 0.05) is 24.5 Å². The van der Waals surface area contributed by atoms with Crippen LogP contribution in [0.25, 0.3) is 0 Å². The monoisotopic (exact) mass is 284 g/mol. The molecule has 0 amide bonds. The number of aliphatic imine (C=N–C) groups is 1. The zero-order valence-corrected chi connectivity index (χ0v) is 13.2. The van der Waals surface area contributed by atoms with Gasteiger partial charge in [-0.25, -0.2) is 0 Å². The first kappa shape index (κ1) is 14.5. The second-order valence-electron chi connectivity index (χ2n) is 5.52. The van der Waals surface area contributed by atoms with Gasteiger partial charge in [-0.3, -0.25) is 9.98 Å². The van der Waals surface area contributed by atoms with E-state index >= 15 is 0 Å². The molecular weight excluding hydrogens is 264 g/mol. The van der Waals surface area contributed by atoms with Crippen molar-refractivity contribution in [2.24, 2.45) is 4.99 Å². The highest BCUT2D eigenvalue weighted by atomic mass is 28.4. The Labute approximate surface area is 121 Å². The van der Waals surface area contributed by atoms with Crippen LogP contribution in [0.1, 0.15) is 5.69 Å². The summed E-state index contributed by atoms with van der Waals surface area (Å²) in [6.45, 7) is 6.50. The molecule has 0 unspecified atom stereocenters. The molecule has 2 rings (SSSR count). The molecule has 4 heteroatoms. The van der Waals surface area contributed by atoms with Gasteiger partial charge in [-0.2, -0.15) is 0 Å². The van der Waals surface area contributed by atoms with Crippen LogP contribution in [0.5, 0.6) is 5.75 Å². The van der Waals surface area contributed by atoms with Gasteiger partial charge in [-0.1, -0.05) is 18.2 Å². The molecule has 0 N–H and O–H groups in total. The number of benzene rings is 1. The lowest BCUT2D eigenvalue weighted by molar-refractivity contribution is 0.559. The first-order valence-corrected chi connectivity index (χ1v) is 10.2. The molecule has 3 nitrogen and oxygen atoms in total. The van der Waals surface area contributed by atoms with Crippen LogP contribution in [-0.2, 0) is 6.42 Å². The smallest absolute Gasteiger partial charge is 0.242 e. The maximum Gasteiger partial charge on any atom is 0.242 e. The van der Waals surface area contributed by atoms with Gasteiger partial charge < -0.3 is 4.43 Å². The molecule has 0 fully saturated rings. The van der Waals surface area contributed by atoms with Crippen molar-refractivity contribution in [3.8, 4) is 5.75 Å². The molecule has 20 heavy (non-hydrogen) atoms. The van der Waals surface area contributed by atoms with Gasteiger partial charge in [0.25, 0.3) is 0 Å². The quantitative estimate of drug-likeness (QED) is 0.608. The van der Waals surface area contributed by atoms with Crippen molar-refractivity contribution in [2.75, 3.05) is 0 Å². The summed E-state index contributed by atoms with van der Waals surface area (Å²) >= 11 is 0. The van der Waals surface area contributed by atoms with Crippen LogP contribution in [-0.4, -0.2) is 19.5 Å². The average molecular weight is 284 g/mol. The van der Waals surface area contributed by atoms with Gasteiger partial charge in [-0.15, -0.1) is 0 Å². The molecule has 1 aromatic heterocycles. The fourth-order valence-corrected chi connectivity index (χ4v) is 2.57. The van der Waals surface area contributed by atoms with Crippen molar-refractivity contribution in [3.05, 3.63) is 54.4 Å². The van der Waals surface area contributed by atoms with E-state index in [9.17, 15) is 0 Å². The minimum Gasteiger partial charge on any atom is -0.543 e. The van der Waals surface area contributed by atoms with Gasteiger partial charge in [0.1, 0.15) is 11.4 Å². The molecule has 0 aliphatic rings. The van der Waals surface area contributed by atoms with E-state index in [2.05, 4.69) is 29.6 Å². The van der Waals surface area contributed by atoms with E-state index in [4.69, 9.17) is 4.43 Å². The Hall–Kier alpha value is -1.94. The first-order valence-electron chi connectivity index (χ1n) is 6.75. The van der Waals surface area contributed by atoms with Crippen LogP contribution in [0.4, 0.5) is 5.69 Å². The highest BCUT2D eigenvalue weighted by molar-refractivity contribution is 6.70. The molecule has 2 aromatic rings. The van der Waals surface area contributed by atoms with Gasteiger partial charge >= 0.3 is 0 Å². The largest absolute Gasteiger partial charge is 0.543 e. The number of hydrogen-bond acceptors (Lipinski definition) is 3. The zero-order valence-electron chi connectivity index (χ0n) is 12.2. The average Bonchev–Trinajstić information content (AvgIpc) is 2.40. The molecule has 0 spiro atoms. The molecule has 0 aliphatic heterocycles. The maximum atomic E-state index is 6.05. The van der Waals surface area contributed by atoms with Crippen molar-refractivity contribution < 1.29 is 4.43 Å². The number of para-hydroxylation sites is 2. The molecule has 0 saturated heterocycles. The summed E-state index contributed by atoms with van der Waals surface area (Å²) in [5.41, 5.74) is 1.89. The lowest BCUT2D eigenvalue weighted by Crippen LogP contribution is -2.29. The SMILES string of the molecule is C[Si](C)(C)Oc1ccccc1N=CCc1ccccn1. The van der Waals surface area contributed by atoms with Crippen molar-refractivity contribution in [3.63, 3.8) is 0 Å². The molecule has 0 radical (unpaired) electrons. The van der Waals surface area contributed by atoms with E-state index in [1.165, 1.54) is 0 Å². The van der Waals surface area contributed by atoms with Crippen LogP contribution in [0.2, 0.25) is 19.6 Å². The van der Waals surface area contributed by atoms with Crippen molar-refractivity contribution >= 4 is 20.2 Å². The highest BCUT2D eigenvalue weighted by Gasteiger charge is 2.17. The third kappa shape index (κ3) is 4.62. The third-order valence-corrected chi connectivity index (χ3v) is 3.37. The summed E-state index contributed by atoms with van der Waals surface area (Å²) in [5, 5.41) is 0. The number of pyridine rings is 1. The molecule has 0 atom stereocenters. The van der Waals surface area contributed by atoms with Crippen LogP contribution in [0.3, 0.4) is 0 Å². The van der Waals surface area contributed by atoms with Gasteiger partial charge in [0.2, 0.25) is 8.32 Å². The van der Waals surface area contributed by atoms with E-state index in [-0.39, 0.29) is 0 Å². The van der Waals surface area contributed by atoms with Crippen molar-refractivity contribution in [1.82, 2.24) is 4.98 Å². The Balaban J connectivity index is 2.09. The van der Waals surface area contributed by atoms with Crippen molar-refractivity contribution in [2.45, 2.75) is 26.1 Å². The van der Waals surface area contributed by atoms with Crippen LogP contribution < -0.4 is 4.43 Å². The zero-order chi connectivity index (χ0) is 14.4. The Bertz CT molecular complexity index is 577. The van der Waals surface area contributed by atoms with Crippen LogP contribution in [0, 0.1) is 0 Å². The van der Waals surface area contributed by atoms with Crippen LogP contribution in [0.15, 0.2) is 53.7 Å². The van der Waals surface area contributed by atoms with E-state index in [1.54, 1.807) is 6.20 Å². The second-order valence-corrected chi connectivity index (χ2v) is 9.95. The number of aromatic nitrogens is 1. The van der Waals surface area contributed by atoms with Gasteiger partial charge in [-0.05, 0) is 43.9 Å². The summed E-state index contributed by atoms with van der Waals surface area (Å²) in [6.07, 6.45) is 4.41. The lowest BCUT2D eigenvalue weighted by atomic mass is 10.3. The summed E-state index contributed by atoms with van der Waals surface area (Å²) in [7, 11) is -1.62. The molecule has 0 bridgehead atoms. The topological polar surface area (TPSA) is 34.5 Å². The molecule has 0 saturated carbocycles. The van der Waals surface area contributed by atoms with E-state index in [0.717, 1.165) is 23.6 Å². The number of rotatable bonds is 5. The fourth-order valence-electron chi connectivity index (χ4n) is 1.74. The summed E-state index contributed by atoms with van der Waals surface area (Å²) in [5.74, 6) is 0.865. The second kappa shape index (κ2) is 6.48. The predicted molar refractivity (Wildman–Crippen MR) is 86.5 cm³/mol. The van der Waals surface area contributed by atoms with Gasteiger partial charge in [0.05, 0.1) is 0 Å². The standard InChI is InChI=1S/C16H20N2OSi/c1-20(2,3)19-16-10-5-4-9-15(16)18-13-11-14-8-6-7-12-17-14/h4-10,12-13H,11H2,1-3H3. The molecule has 0 aliphatic carbocycles. The Morgan fingerprint density at radius 1 is 1.10 bits per heavy atom. The first-order chi connectivity index (χ1) is 9.54. The number of nitrogens with zero attached hydrogens (tertiary/aromatic N) is 2. The minimum atomic E-state index is -1.62.